The molecule has 0 aromatic carbocycles. The standard InChI is InChI=1S/C21H36N4O2/c1-15(2)13-20(26)24-12-9-17(14-24)23-10-7-16(8-11-23)25-19-6-4-3-5-18(19)22-21(25)27/h15-19H,3-14H2,1-2H3,(H,22,27)/t17?,18-,19-/m1/s1. The highest BCUT2D eigenvalue weighted by atomic mass is 16.2. The van der Waals surface area contributed by atoms with Gasteiger partial charge in [-0.25, -0.2) is 4.79 Å². The number of piperidine rings is 1. The molecule has 1 N–H and O–H groups in total. The molecule has 1 unspecified atom stereocenters. The maximum absolute atomic E-state index is 12.5. The maximum atomic E-state index is 12.5. The molecule has 3 saturated heterocycles. The van der Waals surface area contributed by atoms with Crippen LogP contribution in [0.5, 0.6) is 0 Å². The van der Waals surface area contributed by atoms with Crippen molar-refractivity contribution in [1.29, 1.82) is 0 Å². The molecule has 0 aromatic rings. The van der Waals surface area contributed by atoms with Crippen LogP contribution in [0, 0.1) is 5.92 Å². The third-order valence-electron chi connectivity index (χ3n) is 7.14. The molecular weight excluding hydrogens is 340 g/mol. The lowest BCUT2D eigenvalue weighted by Gasteiger charge is -2.42. The van der Waals surface area contributed by atoms with E-state index < -0.39 is 0 Å². The minimum atomic E-state index is 0.177. The number of hydrogen-bond acceptors (Lipinski definition) is 3. The summed E-state index contributed by atoms with van der Waals surface area (Å²) < 4.78 is 0. The molecule has 4 aliphatic rings. The zero-order chi connectivity index (χ0) is 19.0. The zero-order valence-corrected chi connectivity index (χ0v) is 17.0. The fraction of sp³-hybridized carbons (Fsp3) is 0.905. The van der Waals surface area contributed by atoms with Crippen molar-refractivity contribution in [3.63, 3.8) is 0 Å². The number of carbonyl (C=O) groups is 2. The quantitative estimate of drug-likeness (QED) is 0.820. The minimum Gasteiger partial charge on any atom is -0.341 e. The van der Waals surface area contributed by atoms with E-state index in [0.717, 1.165) is 51.9 Å². The van der Waals surface area contributed by atoms with Crippen molar-refractivity contribution in [1.82, 2.24) is 20.0 Å². The number of likely N-dealkylation sites (tertiary alicyclic amines) is 2. The van der Waals surface area contributed by atoms with Crippen molar-refractivity contribution in [2.75, 3.05) is 26.2 Å². The van der Waals surface area contributed by atoms with Gasteiger partial charge in [-0.2, -0.15) is 0 Å². The Balaban J connectivity index is 1.28. The molecule has 3 amide bonds. The summed E-state index contributed by atoms with van der Waals surface area (Å²) in [6.45, 7) is 8.15. The van der Waals surface area contributed by atoms with Crippen LogP contribution in [0.2, 0.25) is 0 Å². The lowest BCUT2D eigenvalue weighted by atomic mass is 9.89. The second-order valence-corrected chi connectivity index (χ2v) is 9.46. The predicted molar refractivity (Wildman–Crippen MR) is 105 cm³/mol. The molecule has 1 saturated carbocycles. The SMILES string of the molecule is CC(C)CC(=O)N1CCC(N2CCC(N3C(=O)N[C@@H]4CCCC[C@H]43)CC2)C1. The number of nitrogens with zero attached hydrogens (tertiary/aromatic N) is 3. The van der Waals surface area contributed by atoms with Crippen molar-refractivity contribution in [2.24, 2.45) is 5.92 Å². The van der Waals surface area contributed by atoms with Crippen LogP contribution < -0.4 is 5.32 Å². The predicted octanol–water partition coefficient (Wildman–Crippen LogP) is 2.43. The van der Waals surface area contributed by atoms with Gasteiger partial charge in [-0.15, -0.1) is 0 Å². The van der Waals surface area contributed by atoms with Gasteiger partial charge in [0, 0.05) is 44.7 Å². The molecule has 3 heterocycles. The van der Waals surface area contributed by atoms with Gasteiger partial charge in [0.2, 0.25) is 5.91 Å². The Morgan fingerprint density at radius 1 is 1.04 bits per heavy atom. The van der Waals surface area contributed by atoms with E-state index in [1.807, 2.05) is 0 Å². The largest absolute Gasteiger partial charge is 0.341 e. The first kappa shape index (κ1) is 19.0. The second-order valence-electron chi connectivity index (χ2n) is 9.46. The molecule has 0 aromatic heterocycles. The average molecular weight is 377 g/mol. The summed E-state index contributed by atoms with van der Waals surface area (Å²) in [5, 5.41) is 3.23. The molecule has 6 nitrogen and oxygen atoms in total. The number of rotatable bonds is 4. The number of amides is 3. The molecule has 0 bridgehead atoms. The smallest absolute Gasteiger partial charge is 0.318 e. The summed E-state index contributed by atoms with van der Waals surface area (Å²) in [6.07, 6.45) is 8.74. The monoisotopic (exact) mass is 376 g/mol. The molecule has 0 radical (unpaired) electrons. The van der Waals surface area contributed by atoms with Crippen LogP contribution in [-0.4, -0.2) is 77.0 Å². The van der Waals surface area contributed by atoms with Crippen LogP contribution in [0.4, 0.5) is 4.79 Å². The molecule has 6 heteroatoms. The van der Waals surface area contributed by atoms with Gasteiger partial charge in [-0.05, 0) is 38.0 Å². The van der Waals surface area contributed by atoms with Crippen molar-refractivity contribution >= 4 is 11.9 Å². The Morgan fingerprint density at radius 3 is 2.48 bits per heavy atom. The Morgan fingerprint density at radius 2 is 1.74 bits per heavy atom. The lowest BCUT2D eigenvalue weighted by molar-refractivity contribution is -0.131. The number of carbonyl (C=O) groups excluding carboxylic acids is 2. The Kier molecular flexibility index (Phi) is 5.62. The van der Waals surface area contributed by atoms with Gasteiger partial charge in [0.1, 0.15) is 0 Å². The van der Waals surface area contributed by atoms with E-state index >= 15 is 0 Å². The van der Waals surface area contributed by atoms with Crippen LogP contribution in [0.1, 0.15) is 65.2 Å². The van der Waals surface area contributed by atoms with Gasteiger partial charge in [-0.3, -0.25) is 9.69 Å². The van der Waals surface area contributed by atoms with E-state index in [0.29, 0.717) is 42.4 Å². The fourth-order valence-corrected chi connectivity index (χ4v) is 5.71. The highest BCUT2D eigenvalue weighted by Crippen LogP contribution is 2.33. The van der Waals surface area contributed by atoms with Crippen molar-refractivity contribution < 1.29 is 9.59 Å². The van der Waals surface area contributed by atoms with Crippen LogP contribution in [0.3, 0.4) is 0 Å². The average Bonchev–Trinajstić information content (AvgIpc) is 3.25. The van der Waals surface area contributed by atoms with Gasteiger partial charge in [0.05, 0.1) is 12.1 Å². The third-order valence-corrected chi connectivity index (χ3v) is 7.14. The molecule has 4 rings (SSSR count). The highest BCUT2D eigenvalue weighted by molar-refractivity contribution is 5.78. The van der Waals surface area contributed by atoms with Crippen molar-refractivity contribution in [3.05, 3.63) is 0 Å². The Hall–Kier alpha value is -1.30. The van der Waals surface area contributed by atoms with Gasteiger partial charge in [0.25, 0.3) is 0 Å². The molecule has 0 spiro atoms. The topological polar surface area (TPSA) is 55.9 Å². The van der Waals surface area contributed by atoms with Crippen LogP contribution >= 0.6 is 0 Å². The molecule has 27 heavy (non-hydrogen) atoms. The molecule has 152 valence electrons. The summed E-state index contributed by atoms with van der Waals surface area (Å²) in [7, 11) is 0. The number of nitrogens with one attached hydrogen (secondary N) is 1. The summed E-state index contributed by atoms with van der Waals surface area (Å²) in [5.74, 6) is 0.752. The molecular formula is C21H36N4O2. The number of fused-ring (bicyclic) bond motifs is 1. The second kappa shape index (κ2) is 7.98. The Labute approximate surface area is 163 Å². The first-order chi connectivity index (χ1) is 13.0. The summed E-state index contributed by atoms with van der Waals surface area (Å²) in [5.41, 5.74) is 0. The van der Waals surface area contributed by atoms with E-state index in [4.69, 9.17) is 0 Å². The summed E-state index contributed by atoms with van der Waals surface area (Å²) in [6, 6.07) is 1.90. The molecule has 3 atom stereocenters. The molecule has 3 aliphatic heterocycles. The number of urea groups is 1. The third kappa shape index (κ3) is 3.96. The normalized spacial score (nSPS) is 32.9. The van der Waals surface area contributed by atoms with E-state index in [1.54, 1.807) is 0 Å². The first-order valence-corrected chi connectivity index (χ1v) is 11.1. The minimum absolute atomic E-state index is 0.177. The first-order valence-electron chi connectivity index (χ1n) is 11.1. The van der Waals surface area contributed by atoms with Crippen LogP contribution in [0.25, 0.3) is 0 Å². The summed E-state index contributed by atoms with van der Waals surface area (Å²) in [4.78, 5) is 31.7. The van der Waals surface area contributed by atoms with Crippen LogP contribution in [0.15, 0.2) is 0 Å². The maximum Gasteiger partial charge on any atom is 0.318 e. The van der Waals surface area contributed by atoms with Gasteiger partial charge in [-0.1, -0.05) is 26.7 Å². The Bertz CT molecular complexity index is 558. The lowest BCUT2D eigenvalue weighted by Crippen LogP contribution is -2.52. The van der Waals surface area contributed by atoms with E-state index in [-0.39, 0.29) is 6.03 Å². The number of hydrogen-bond donors (Lipinski definition) is 1. The van der Waals surface area contributed by atoms with Gasteiger partial charge < -0.3 is 15.1 Å². The molecule has 4 fully saturated rings. The van der Waals surface area contributed by atoms with E-state index in [2.05, 4.69) is 33.9 Å². The van der Waals surface area contributed by atoms with E-state index in [9.17, 15) is 9.59 Å². The van der Waals surface area contributed by atoms with E-state index in [1.165, 1.54) is 19.3 Å². The highest BCUT2D eigenvalue weighted by Gasteiger charge is 2.44. The summed E-state index contributed by atoms with van der Waals surface area (Å²) >= 11 is 0. The zero-order valence-electron chi connectivity index (χ0n) is 17.0. The van der Waals surface area contributed by atoms with Crippen LogP contribution in [-0.2, 0) is 4.79 Å². The fourth-order valence-electron chi connectivity index (χ4n) is 5.71. The molecule has 1 aliphatic carbocycles. The van der Waals surface area contributed by atoms with Gasteiger partial charge >= 0.3 is 6.03 Å². The van der Waals surface area contributed by atoms with Crippen molar-refractivity contribution in [2.45, 2.75) is 89.4 Å². The van der Waals surface area contributed by atoms with Crippen molar-refractivity contribution in [3.8, 4) is 0 Å². The van der Waals surface area contributed by atoms with Gasteiger partial charge in [0.15, 0.2) is 0 Å².